The molecule has 1 rings (SSSR count). The van der Waals surface area contributed by atoms with Crippen LogP contribution < -0.4 is 5.32 Å². The molecule has 1 aromatic rings. The molecular formula is C11H14ClNO2. The molecule has 3 nitrogen and oxygen atoms in total. The summed E-state index contributed by atoms with van der Waals surface area (Å²) in [6.07, 6.45) is 0. The van der Waals surface area contributed by atoms with Crippen LogP contribution >= 0.6 is 11.6 Å². The van der Waals surface area contributed by atoms with E-state index in [2.05, 4.69) is 5.32 Å². The Hall–Kier alpha value is -1.06. The van der Waals surface area contributed by atoms with Crippen molar-refractivity contribution < 1.29 is 9.53 Å². The molecule has 0 aliphatic heterocycles. The van der Waals surface area contributed by atoms with E-state index in [9.17, 15) is 4.79 Å². The second kappa shape index (κ2) is 6.43. The van der Waals surface area contributed by atoms with Crippen LogP contribution in [0.1, 0.15) is 15.9 Å². The van der Waals surface area contributed by atoms with Gasteiger partial charge in [0.05, 0.1) is 6.61 Å². The minimum absolute atomic E-state index is 0.0981. The lowest BCUT2D eigenvalue weighted by Crippen LogP contribution is -2.26. The minimum atomic E-state index is -0.0981. The first kappa shape index (κ1) is 12.0. The van der Waals surface area contributed by atoms with Gasteiger partial charge in [0.1, 0.15) is 0 Å². The van der Waals surface area contributed by atoms with Gasteiger partial charge in [-0.05, 0) is 17.7 Å². The third-order valence-electron chi connectivity index (χ3n) is 1.94. The zero-order chi connectivity index (χ0) is 11.1. The topological polar surface area (TPSA) is 38.3 Å². The van der Waals surface area contributed by atoms with Crippen molar-refractivity contribution in [3.8, 4) is 0 Å². The number of halogens is 1. The number of ether oxygens (including phenoxy) is 1. The number of hydrogen-bond acceptors (Lipinski definition) is 2. The van der Waals surface area contributed by atoms with E-state index in [0.29, 0.717) is 24.6 Å². The fourth-order valence-electron chi connectivity index (χ4n) is 1.16. The van der Waals surface area contributed by atoms with Crippen molar-refractivity contribution in [2.75, 3.05) is 20.3 Å². The number of rotatable bonds is 5. The average Bonchev–Trinajstić information content (AvgIpc) is 2.29. The number of carbonyl (C=O) groups is 1. The van der Waals surface area contributed by atoms with E-state index in [-0.39, 0.29) is 5.91 Å². The van der Waals surface area contributed by atoms with Gasteiger partial charge in [0.25, 0.3) is 5.91 Å². The van der Waals surface area contributed by atoms with Gasteiger partial charge < -0.3 is 10.1 Å². The molecule has 0 bridgehead atoms. The number of methoxy groups -OCH3 is 1. The normalized spacial score (nSPS) is 10.0. The molecule has 1 amide bonds. The molecule has 0 unspecified atom stereocenters. The fraction of sp³-hybridized carbons (Fsp3) is 0.364. The number of nitrogens with one attached hydrogen (secondary N) is 1. The second-order valence-corrected chi connectivity index (χ2v) is 3.35. The Morgan fingerprint density at radius 1 is 1.53 bits per heavy atom. The number of benzene rings is 1. The maximum Gasteiger partial charge on any atom is 0.251 e. The molecule has 0 spiro atoms. The quantitative estimate of drug-likeness (QED) is 0.616. The van der Waals surface area contributed by atoms with E-state index in [1.54, 1.807) is 19.2 Å². The van der Waals surface area contributed by atoms with Crippen LogP contribution in [0.2, 0.25) is 0 Å². The van der Waals surface area contributed by atoms with Crippen molar-refractivity contribution in [2.24, 2.45) is 0 Å². The van der Waals surface area contributed by atoms with E-state index >= 15 is 0 Å². The van der Waals surface area contributed by atoms with Gasteiger partial charge in [0.2, 0.25) is 0 Å². The summed E-state index contributed by atoms with van der Waals surface area (Å²) in [5.41, 5.74) is 1.57. The summed E-state index contributed by atoms with van der Waals surface area (Å²) in [5, 5.41) is 2.74. The highest BCUT2D eigenvalue weighted by molar-refractivity contribution is 6.17. The van der Waals surface area contributed by atoms with Gasteiger partial charge in [0.15, 0.2) is 0 Å². The predicted molar refractivity (Wildman–Crippen MR) is 60.2 cm³/mol. The lowest BCUT2D eigenvalue weighted by molar-refractivity contribution is 0.0937. The maximum absolute atomic E-state index is 11.6. The standard InChI is InChI=1S/C11H14ClNO2/c1-15-6-5-13-11(14)10-4-2-3-9(7-10)8-12/h2-4,7H,5-6,8H2,1H3,(H,13,14). The monoisotopic (exact) mass is 227 g/mol. The zero-order valence-corrected chi connectivity index (χ0v) is 9.38. The molecular weight excluding hydrogens is 214 g/mol. The van der Waals surface area contributed by atoms with Crippen LogP contribution in [-0.2, 0) is 10.6 Å². The van der Waals surface area contributed by atoms with Crippen molar-refractivity contribution in [2.45, 2.75) is 5.88 Å². The summed E-state index contributed by atoms with van der Waals surface area (Å²) < 4.78 is 4.84. The molecule has 0 aromatic heterocycles. The largest absolute Gasteiger partial charge is 0.383 e. The molecule has 0 fully saturated rings. The first-order valence-electron chi connectivity index (χ1n) is 4.70. The fourth-order valence-corrected chi connectivity index (χ4v) is 1.33. The van der Waals surface area contributed by atoms with Crippen molar-refractivity contribution in [1.29, 1.82) is 0 Å². The SMILES string of the molecule is COCCNC(=O)c1cccc(CCl)c1. The van der Waals surface area contributed by atoms with Crippen LogP contribution in [0.25, 0.3) is 0 Å². The van der Waals surface area contributed by atoms with Gasteiger partial charge in [-0.1, -0.05) is 12.1 Å². The summed E-state index contributed by atoms with van der Waals surface area (Å²) >= 11 is 5.68. The van der Waals surface area contributed by atoms with Gasteiger partial charge in [-0.25, -0.2) is 0 Å². The van der Waals surface area contributed by atoms with Crippen molar-refractivity contribution >= 4 is 17.5 Å². The summed E-state index contributed by atoms with van der Waals surface area (Å²) in [6, 6.07) is 7.26. The van der Waals surface area contributed by atoms with Crippen molar-refractivity contribution in [3.05, 3.63) is 35.4 Å². The molecule has 0 aliphatic rings. The lowest BCUT2D eigenvalue weighted by Gasteiger charge is -2.05. The molecule has 4 heteroatoms. The molecule has 15 heavy (non-hydrogen) atoms. The molecule has 0 heterocycles. The van der Waals surface area contributed by atoms with Crippen molar-refractivity contribution in [3.63, 3.8) is 0 Å². The van der Waals surface area contributed by atoms with Crippen LogP contribution in [0.3, 0.4) is 0 Å². The Morgan fingerprint density at radius 3 is 3.00 bits per heavy atom. The van der Waals surface area contributed by atoms with Crippen LogP contribution in [0.4, 0.5) is 0 Å². The molecule has 1 aromatic carbocycles. The van der Waals surface area contributed by atoms with Crippen LogP contribution in [0.15, 0.2) is 24.3 Å². The van der Waals surface area contributed by atoms with Gasteiger partial charge in [0, 0.05) is 25.1 Å². The van der Waals surface area contributed by atoms with Gasteiger partial charge in [-0.2, -0.15) is 0 Å². The predicted octanol–water partition coefficient (Wildman–Crippen LogP) is 1.80. The van der Waals surface area contributed by atoms with Gasteiger partial charge in [-0.15, -0.1) is 11.6 Å². The molecule has 0 saturated heterocycles. The molecule has 0 radical (unpaired) electrons. The lowest BCUT2D eigenvalue weighted by atomic mass is 10.1. The third kappa shape index (κ3) is 3.90. The van der Waals surface area contributed by atoms with E-state index in [1.165, 1.54) is 0 Å². The molecule has 0 aliphatic carbocycles. The zero-order valence-electron chi connectivity index (χ0n) is 8.63. The smallest absolute Gasteiger partial charge is 0.251 e. The minimum Gasteiger partial charge on any atom is -0.383 e. The number of hydrogen-bond donors (Lipinski definition) is 1. The molecule has 82 valence electrons. The van der Waals surface area contributed by atoms with Crippen LogP contribution in [-0.4, -0.2) is 26.2 Å². The Balaban J connectivity index is 2.57. The summed E-state index contributed by atoms with van der Waals surface area (Å²) in [4.78, 5) is 11.6. The van der Waals surface area contributed by atoms with E-state index in [1.807, 2.05) is 12.1 Å². The molecule has 1 N–H and O–H groups in total. The van der Waals surface area contributed by atoms with Gasteiger partial charge in [-0.3, -0.25) is 4.79 Å². The second-order valence-electron chi connectivity index (χ2n) is 3.08. The Bertz CT molecular complexity index is 328. The number of amides is 1. The summed E-state index contributed by atoms with van der Waals surface area (Å²) in [7, 11) is 1.60. The van der Waals surface area contributed by atoms with Gasteiger partial charge >= 0.3 is 0 Å². The highest BCUT2D eigenvalue weighted by Gasteiger charge is 2.04. The average molecular weight is 228 g/mol. The molecule has 0 saturated carbocycles. The van der Waals surface area contributed by atoms with E-state index in [4.69, 9.17) is 16.3 Å². The molecule has 0 atom stereocenters. The van der Waals surface area contributed by atoms with E-state index < -0.39 is 0 Å². The maximum atomic E-state index is 11.6. The summed E-state index contributed by atoms with van der Waals surface area (Å²) in [5.74, 6) is 0.318. The van der Waals surface area contributed by atoms with Crippen LogP contribution in [0.5, 0.6) is 0 Å². The number of carbonyl (C=O) groups excluding carboxylic acids is 1. The highest BCUT2D eigenvalue weighted by Crippen LogP contribution is 2.07. The van der Waals surface area contributed by atoms with Crippen molar-refractivity contribution in [1.82, 2.24) is 5.32 Å². The van der Waals surface area contributed by atoms with E-state index in [0.717, 1.165) is 5.56 Å². The van der Waals surface area contributed by atoms with Crippen LogP contribution in [0, 0.1) is 0 Å². The Labute approximate surface area is 94.4 Å². The highest BCUT2D eigenvalue weighted by atomic mass is 35.5. The Kier molecular flexibility index (Phi) is 5.15. The number of alkyl halides is 1. The first-order valence-corrected chi connectivity index (χ1v) is 5.23. The summed E-state index contributed by atoms with van der Waals surface area (Å²) in [6.45, 7) is 1.03. The third-order valence-corrected chi connectivity index (χ3v) is 2.24. The Morgan fingerprint density at radius 2 is 2.33 bits per heavy atom. The first-order chi connectivity index (χ1) is 7.27.